The van der Waals surface area contributed by atoms with E-state index in [2.05, 4.69) is 0 Å². The molecule has 2 aromatic carbocycles. The van der Waals surface area contributed by atoms with Crippen molar-refractivity contribution in [3.05, 3.63) is 64.0 Å². The van der Waals surface area contributed by atoms with Crippen LogP contribution in [0.15, 0.2) is 42.5 Å². The van der Waals surface area contributed by atoms with E-state index < -0.39 is 22.8 Å². The summed E-state index contributed by atoms with van der Waals surface area (Å²) >= 11 is 0. The predicted octanol–water partition coefficient (Wildman–Crippen LogP) is 3.37. The van der Waals surface area contributed by atoms with Crippen molar-refractivity contribution in [1.82, 2.24) is 0 Å². The van der Waals surface area contributed by atoms with Crippen molar-refractivity contribution in [2.45, 2.75) is 20.0 Å². The molecule has 1 atom stereocenters. The number of Topliss-reactive ketones (excluding diaryl/α,β-unsaturated/α-hetero) is 1. The van der Waals surface area contributed by atoms with Crippen molar-refractivity contribution in [2.75, 3.05) is 11.4 Å². The van der Waals surface area contributed by atoms with Gasteiger partial charge in [0.2, 0.25) is 0 Å². The topological polar surface area (TPSA) is 89.8 Å². The number of amides is 1. The molecule has 0 saturated heterocycles. The summed E-state index contributed by atoms with van der Waals surface area (Å²) in [5.41, 5.74) is 0.383. The first-order chi connectivity index (χ1) is 12.8. The van der Waals surface area contributed by atoms with Crippen molar-refractivity contribution in [2.24, 2.45) is 5.92 Å². The van der Waals surface area contributed by atoms with E-state index in [4.69, 9.17) is 4.74 Å². The normalized spacial score (nSPS) is 16.1. The van der Waals surface area contributed by atoms with Crippen LogP contribution in [0.1, 0.15) is 24.2 Å². The summed E-state index contributed by atoms with van der Waals surface area (Å²) in [6, 6.07) is 8.91. The molecule has 0 saturated carbocycles. The Morgan fingerprint density at radius 1 is 1.26 bits per heavy atom. The van der Waals surface area contributed by atoms with E-state index in [0.717, 1.165) is 0 Å². The number of nitrogens with zero attached hydrogens (tertiary/aromatic N) is 2. The molecular weight excluding hydrogens is 355 g/mol. The minimum absolute atomic E-state index is 0.171. The average Bonchev–Trinajstić information content (AvgIpc) is 2.63. The fourth-order valence-corrected chi connectivity index (χ4v) is 2.85. The Kier molecular flexibility index (Phi) is 4.89. The van der Waals surface area contributed by atoms with Gasteiger partial charge in [-0.1, -0.05) is 13.8 Å². The minimum atomic E-state index is -0.861. The molecule has 3 rings (SSSR count). The van der Waals surface area contributed by atoms with Gasteiger partial charge in [0.1, 0.15) is 5.82 Å². The van der Waals surface area contributed by atoms with E-state index >= 15 is 0 Å². The Balaban J connectivity index is 1.97. The maximum atomic E-state index is 13.1. The van der Waals surface area contributed by atoms with Crippen LogP contribution in [0.5, 0.6) is 5.75 Å². The predicted molar refractivity (Wildman–Crippen MR) is 95.4 cm³/mol. The number of ketones is 1. The fraction of sp³-hybridized carbons (Fsp3) is 0.263. The number of anilines is 1. The van der Waals surface area contributed by atoms with Crippen LogP contribution in [0.3, 0.4) is 0 Å². The Morgan fingerprint density at radius 2 is 1.93 bits per heavy atom. The molecule has 0 fully saturated rings. The number of non-ortho nitro benzene ring substituents is 1. The summed E-state index contributed by atoms with van der Waals surface area (Å²) in [7, 11) is 0. The van der Waals surface area contributed by atoms with E-state index in [1.807, 2.05) is 0 Å². The van der Waals surface area contributed by atoms with Gasteiger partial charge in [-0.15, -0.1) is 0 Å². The van der Waals surface area contributed by atoms with E-state index in [1.165, 1.54) is 47.4 Å². The first-order valence-electron chi connectivity index (χ1n) is 8.33. The molecular formula is C19H17FN2O5. The van der Waals surface area contributed by atoms with E-state index in [9.17, 15) is 24.1 Å². The maximum Gasteiger partial charge on any atom is 0.273 e. The summed E-state index contributed by atoms with van der Waals surface area (Å²) in [6.45, 7) is 3.29. The molecule has 0 spiro atoms. The third kappa shape index (κ3) is 3.64. The van der Waals surface area contributed by atoms with Crippen molar-refractivity contribution in [1.29, 1.82) is 0 Å². The number of ether oxygens (including phenoxy) is 1. The summed E-state index contributed by atoms with van der Waals surface area (Å²) in [5, 5.41) is 11.0. The van der Waals surface area contributed by atoms with Crippen molar-refractivity contribution in [3.8, 4) is 5.75 Å². The number of carbonyl (C=O) groups excluding carboxylic acids is 2. The molecule has 140 valence electrons. The molecule has 1 aliphatic heterocycles. The van der Waals surface area contributed by atoms with Crippen LogP contribution in [0, 0.1) is 21.8 Å². The van der Waals surface area contributed by atoms with E-state index in [0.29, 0.717) is 0 Å². The number of halogens is 1. The zero-order chi connectivity index (χ0) is 19.7. The van der Waals surface area contributed by atoms with Gasteiger partial charge in [-0.3, -0.25) is 24.6 Å². The number of nitro benzene ring substituents is 1. The second-order valence-electron chi connectivity index (χ2n) is 6.55. The van der Waals surface area contributed by atoms with Crippen LogP contribution < -0.4 is 9.64 Å². The van der Waals surface area contributed by atoms with E-state index in [1.54, 1.807) is 13.8 Å². The van der Waals surface area contributed by atoms with E-state index in [-0.39, 0.29) is 40.9 Å². The molecule has 0 radical (unpaired) electrons. The first kappa shape index (κ1) is 18.5. The molecule has 1 aliphatic rings. The summed E-state index contributed by atoms with van der Waals surface area (Å²) in [5.74, 6) is -1.27. The Hall–Kier alpha value is -3.29. The molecule has 0 N–H and O–H groups in total. The van der Waals surface area contributed by atoms with Crippen molar-refractivity contribution < 1.29 is 23.6 Å². The van der Waals surface area contributed by atoms with Crippen molar-refractivity contribution in [3.63, 3.8) is 0 Å². The second kappa shape index (κ2) is 7.14. The van der Waals surface area contributed by atoms with Gasteiger partial charge in [-0.05, 0) is 36.2 Å². The summed E-state index contributed by atoms with van der Waals surface area (Å²) < 4.78 is 18.7. The third-order valence-corrected chi connectivity index (χ3v) is 4.28. The van der Waals surface area contributed by atoms with Gasteiger partial charge in [-0.25, -0.2) is 4.39 Å². The standard InChI is InChI=1S/C19H17FN2O5/c1-11(2)18-19(24)21(10-16(23)12-3-5-13(20)6-4-12)15-8-7-14(22(25)26)9-17(15)27-18/h3-9,11,18H,10H2,1-2H3. The Morgan fingerprint density at radius 3 is 2.52 bits per heavy atom. The molecule has 2 aromatic rings. The molecule has 1 heterocycles. The fourth-order valence-electron chi connectivity index (χ4n) is 2.85. The number of carbonyl (C=O) groups is 2. The Labute approximate surface area is 154 Å². The lowest BCUT2D eigenvalue weighted by Gasteiger charge is -2.35. The molecule has 0 bridgehead atoms. The molecule has 8 heteroatoms. The highest BCUT2D eigenvalue weighted by Crippen LogP contribution is 2.38. The summed E-state index contributed by atoms with van der Waals surface area (Å²) in [4.78, 5) is 37.1. The van der Waals surface area contributed by atoms with Crippen LogP contribution in [-0.4, -0.2) is 29.3 Å². The first-order valence-corrected chi connectivity index (χ1v) is 8.33. The third-order valence-electron chi connectivity index (χ3n) is 4.28. The van der Waals surface area contributed by atoms with Gasteiger partial charge in [0.15, 0.2) is 17.6 Å². The highest BCUT2D eigenvalue weighted by Gasteiger charge is 2.38. The largest absolute Gasteiger partial charge is 0.478 e. The van der Waals surface area contributed by atoms with Gasteiger partial charge in [0, 0.05) is 11.6 Å². The smallest absolute Gasteiger partial charge is 0.273 e. The Bertz CT molecular complexity index is 911. The lowest BCUT2D eigenvalue weighted by Crippen LogP contribution is -2.50. The minimum Gasteiger partial charge on any atom is -0.478 e. The quantitative estimate of drug-likeness (QED) is 0.456. The zero-order valence-corrected chi connectivity index (χ0v) is 14.7. The molecule has 1 unspecified atom stereocenters. The molecule has 0 aliphatic carbocycles. The zero-order valence-electron chi connectivity index (χ0n) is 14.7. The molecule has 27 heavy (non-hydrogen) atoms. The SMILES string of the molecule is CC(C)C1Oc2cc([N+](=O)[O-])ccc2N(CC(=O)c2ccc(F)cc2)C1=O. The van der Waals surface area contributed by atoms with Gasteiger partial charge in [-0.2, -0.15) is 0 Å². The highest BCUT2D eigenvalue weighted by molar-refractivity contribution is 6.08. The average molecular weight is 372 g/mol. The lowest BCUT2D eigenvalue weighted by atomic mass is 10.0. The number of nitro groups is 1. The number of hydrogen-bond acceptors (Lipinski definition) is 5. The number of rotatable bonds is 5. The molecule has 0 aromatic heterocycles. The maximum absolute atomic E-state index is 13.1. The number of hydrogen-bond donors (Lipinski definition) is 0. The lowest BCUT2D eigenvalue weighted by molar-refractivity contribution is -0.384. The van der Waals surface area contributed by atoms with Crippen LogP contribution in [0.25, 0.3) is 0 Å². The number of fused-ring (bicyclic) bond motifs is 1. The monoisotopic (exact) mass is 372 g/mol. The van der Waals surface area contributed by atoms with Crippen LogP contribution in [0.2, 0.25) is 0 Å². The highest BCUT2D eigenvalue weighted by atomic mass is 19.1. The second-order valence-corrected chi connectivity index (χ2v) is 6.55. The molecule has 1 amide bonds. The van der Waals surface area contributed by atoms with Gasteiger partial charge in [0.25, 0.3) is 11.6 Å². The summed E-state index contributed by atoms with van der Waals surface area (Å²) in [6.07, 6.45) is -0.861. The molecule has 7 nitrogen and oxygen atoms in total. The van der Waals surface area contributed by atoms with Crippen LogP contribution >= 0.6 is 0 Å². The van der Waals surface area contributed by atoms with Crippen molar-refractivity contribution >= 4 is 23.1 Å². The van der Waals surface area contributed by atoms with Gasteiger partial charge < -0.3 is 4.74 Å². The number of benzene rings is 2. The van der Waals surface area contributed by atoms with Gasteiger partial charge >= 0.3 is 0 Å². The van der Waals surface area contributed by atoms with Crippen LogP contribution in [0.4, 0.5) is 15.8 Å². The van der Waals surface area contributed by atoms with Crippen LogP contribution in [-0.2, 0) is 4.79 Å². The van der Waals surface area contributed by atoms with Gasteiger partial charge in [0.05, 0.1) is 23.2 Å².